The number of amides is 1. The molecule has 0 aliphatic rings. The minimum atomic E-state index is -0.0829. The van der Waals surface area contributed by atoms with E-state index >= 15 is 0 Å². The van der Waals surface area contributed by atoms with Gasteiger partial charge < -0.3 is 19.2 Å². The number of aromatic nitrogens is 3. The number of benzene rings is 1. The minimum absolute atomic E-state index is 0.0829. The van der Waals surface area contributed by atoms with Crippen molar-refractivity contribution in [2.24, 2.45) is 0 Å². The second-order valence-electron chi connectivity index (χ2n) is 6.76. The van der Waals surface area contributed by atoms with Crippen LogP contribution in [0.1, 0.15) is 17.8 Å². The van der Waals surface area contributed by atoms with E-state index in [0.717, 1.165) is 17.0 Å². The Morgan fingerprint density at radius 3 is 2.63 bits per heavy atom. The van der Waals surface area contributed by atoms with Crippen molar-refractivity contribution in [3.8, 4) is 17.4 Å². The lowest BCUT2D eigenvalue weighted by atomic mass is 10.2. The summed E-state index contributed by atoms with van der Waals surface area (Å²) in [6, 6.07) is 16.7. The Hall–Kier alpha value is -3.87. The van der Waals surface area contributed by atoms with Crippen LogP contribution in [0.5, 0.6) is 17.4 Å². The fourth-order valence-corrected chi connectivity index (χ4v) is 3.25. The zero-order valence-electron chi connectivity index (χ0n) is 16.8. The van der Waals surface area contributed by atoms with Gasteiger partial charge in [-0.15, -0.1) is 0 Å². The molecule has 0 aliphatic carbocycles. The number of para-hydroxylation sites is 2. The van der Waals surface area contributed by atoms with E-state index in [-0.39, 0.29) is 5.91 Å². The standard InChI is InChI=1S/C23H22N4O3/c1-16-18(27-14-6-5-9-21(27)25-16)11-12-22(28)26-17-10-13-23(24-15-17)30-20-8-4-3-7-19(20)29-2/h3-10,13-15H,11-12H2,1-2H3,(H,26,28). The largest absolute Gasteiger partial charge is 0.493 e. The molecule has 0 saturated heterocycles. The number of fused-ring (bicyclic) bond motifs is 1. The zero-order chi connectivity index (χ0) is 20.9. The van der Waals surface area contributed by atoms with Gasteiger partial charge in [-0.3, -0.25) is 4.79 Å². The number of hydrogen-bond donors (Lipinski definition) is 1. The van der Waals surface area contributed by atoms with Crippen LogP contribution in [0, 0.1) is 6.92 Å². The summed E-state index contributed by atoms with van der Waals surface area (Å²) in [5.41, 5.74) is 3.48. The highest BCUT2D eigenvalue weighted by Crippen LogP contribution is 2.30. The predicted octanol–water partition coefficient (Wildman–Crippen LogP) is 4.41. The molecule has 152 valence electrons. The van der Waals surface area contributed by atoms with Gasteiger partial charge in [-0.1, -0.05) is 18.2 Å². The van der Waals surface area contributed by atoms with E-state index in [0.29, 0.717) is 35.9 Å². The second-order valence-corrected chi connectivity index (χ2v) is 6.76. The highest BCUT2D eigenvalue weighted by Gasteiger charge is 2.11. The van der Waals surface area contributed by atoms with Gasteiger partial charge in [0.1, 0.15) is 5.65 Å². The van der Waals surface area contributed by atoms with Gasteiger partial charge in [0.2, 0.25) is 11.8 Å². The Morgan fingerprint density at radius 1 is 1.07 bits per heavy atom. The molecule has 1 N–H and O–H groups in total. The van der Waals surface area contributed by atoms with Gasteiger partial charge in [0, 0.05) is 24.4 Å². The van der Waals surface area contributed by atoms with Gasteiger partial charge in [-0.2, -0.15) is 0 Å². The monoisotopic (exact) mass is 402 g/mol. The van der Waals surface area contributed by atoms with Crippen molar-refractivity contribution in [2.45, 2.75) is 19.8 Å². The maximum atomic E-state index is 12.4. The summed E-state index contributed by atoms with van der Waals surface area (Å²) < 4.78 is 13.0. The number of methoxy groups -OCH3 is 1. The first-order chi connectivity index (χ1) is 14.6. The molecule has 0 saturated carbocycles. The highest BCUT2D eigenvalue weighted by atomic mass is 16.5. The number of pyridine rings is 2. The molecule has 4 rings (SSSR count). The lowest BCUT2D eigenvalue weighted by Gasteiger charge is -2.10. The quantitative estimate of drug-likeness (QED) is 0.495. The number of ether oxygens (including phenoxy) is 2. The van der Waals surface area contributed by atoms with Gasteiger partial charge in [-0.25, -0.2) is 9.97 Å². The summed E-state index contributed by atoms with van der Waals surface area (Å²) in [4.78, 5) is 21.2. The Morgan fingerprint density at radius 2 is 1.87 bits per heavy atom. The van der Waals surface area contributed by atoms with E-state index in [1.54, 1.807) is 31.5 Å². The minimum Gasteiger partial charge on any atom is -0.493 e. The Balaban J connectivity index is 1.36. The van der Waals surface area contributed by atoms with Crippen molar-refractivity contribution in [1.29, 1.82) is 0 Å². The Bertz CT molecular complexity index is 1170. The fourth-order valence-electron chi connectivity index (χ4n) is 3.25. The predicted molar refractivity (Wildman–Crippen MR) is 114 cm³/mol. The van der Waals surface area contributed by atoms with Crippen LogP contribution in [-0.4, -0.2) is 27.4 Å². The van der Waals surface area contributed by atoms with Crippen molar-refractivity contribution in [2.75, 3.05) is 12.4 Å². The summed E-state index contributed by atoms with van der Waals surface area (Å²) in [5, 5.41) is 2.87. The first-order valence-corrected chi connectivity index (χ1v) is 9.63. The zero-order valence-corrected chi connectivity index (χ0v) is 16.8. The number of anilines is 1. The summed E-state index contributed by atoms with van der Waals surface area (Å²) in [6.07, 6.45) is 4.49. The SMILES string of the molecule is COc1ccccc1Oc1ccc(NC(=O)CCc2c(C)nc3ccccn23)cn1. The topological polar surface area (TPSA) is 77.8 Å². The average molecular weight is 402 g/mol. The lowest BCUT2D eigenvalue weighted by molar-refractivity contribution is -0.116. The van der Waals surface area contributed by atoms with Gasteiger partial charge in [0.15, 0.2) is 11.5 Å². The normalized spacial score (nSPS) is 10.7. The van der Waals surface area contributed by atoms with Gasteiger partial charge in [0.25, 0.3) is 0 Å². The number of imidazole rings is 1. The van der Waals surface area contributed by atoms with E-state index in [2.05, 4.69) is 15.3 Å². The van der Waals surface area contributed by atoms with E-state index in [1.165, 1.54) is 0 Å². The summed E-state index contributed by atoms with van der Waals surface area (Å²) in [7, 11) is 1.59. The van der Waals surface area contributed by atoms with E-state index in [4.69, 9.17) is 9.47 Å². The van der Waals surface area contributed by atoms with Crippen LogP contribution < -0.4 is 14.8 Å². The lowest BCUT2D eigenvalue weighted by Crippen LogP contribution is -2.13. The molecule has 3 heterocycles. The highest BCUT2D eigenvalue weighted by molar-refractivity contribution is 5.90. The molecule has 0 atom stereocenters. The smallest absolute Gasteiger partial charge is 0.224 e. The van der Waals surface area contributed by atoms with Crippen LogP contribution in [0.15, 0.2) is 67.0 Å². The third-order valence-electron chi connectivity index (χ3n) is 4.72. The van der Waals surface area contributed by atoms with Crippen molar-refractivity contribution < 1.29 is 14.3 Å². The molecule has 0 fully saturated rings. The first-order valence-electron chi connectivity index (χ1n) is 9.63. The molecule has 0 unspecified atom stereocenters. The third-order valence-corrected chi connectivity index (χ3v) is 4.72. The number of carbonyl (C=O) groups excluding carboxylic acids is 1. The molecule has 0 aliphatic heterocycles. The Kier molecular flexibility index (Phi) is 5.61. The third kappa shape index (κ3) is 4.25. The van der Waals surface area contributed by atoms with Crippen LogP contribution >= 0.6 is 0 Å². The number of nitrogens with one attached hydrogen (secondary N) is 1. The van der Waals surface area contributed by atoms with Crippen molar-refractivity contribution in [3.05, 3.63) is 78.4 Å². The van der Waals surface area contributed by atoms with Crippen molar-refractivity contribution in [1.82, 2.24) is 14.4 Å². The fraction of sp³-hybridized carbons (Fsp3) is 0.174. The second kappa shape index (κ2) is 8.65. The van der Waals surface area contributed by atoms with E-state index < -0.39 is 0 Å². The van der Waals surface area contributed by atoms with Crippen LogP contribution in [-0.2, 0) is 11.2 Å². The number of hydrogen-bond acceptors (Lipinski definition) is 5. The summed E-state index contributed by atoms with van der Waals surface area (Å²) >= 11 is 0. The maximum Gasteiger partial charge on any atom is 0.224 e. The van der Waals surface area contributed by atoms with E-state index in [9.17, 15) is 4.79 Å². The summed E-state index contributed by atoms with van der Waals surface area (Å²) in [5.74, 6) is 1.53. The molecule has 1 amide bonds. The maximum absolute atomic E-state index is 12.4. The number of aryl methyl sites for hydroxylation is 2. The van der Waals surface area contributed by atoms with Gasteiger partial charge in [0.05, 0.1) is 24.7 Å². The molecule has 7 heteroatoms. The molecule has 0 bridgehead atoms. The van der Waals surface area contributed by atoms with Crippen LogP contribution in [0.3, 0.4) is 0 Å². The molecule has 3 aromatic heterocycles. The Labute approximate surface area is 174 Å². The van der Waals surface area contributed by atoms with Crippen LogP contribution in [0.2, 0.25) is 0 Å². The van der Waals surface area contributed by atoms with Crippen LogP contribution in [0.4, 0.5) is 5.69 Å². The first kappa shape index (κ1) is 19.4. The number of nitrogens with zero attached hydrogens (tertiary/aromatic N) is 3. The molecule has 4 aromatic rings. The average Bonchev–Trinajstić information content (AvgIpc) is 3.09. The molecule has 7 nitrogen and oxygen atoms in total. The van der Waals surface area contributed by atoms with Crippen molar-refractivity contribution in [3.63, 3.8) is 0 Å². The van der Waals surface area contributed by atoms with E-state index in [1.807, 2.05) is 53.9 Å². The summed E-state index contributed by atoms with van der Waals surface area (Å²) in [6.45, 7) is 1.96. The van der Waals surface area contributed by atoms with Crippen molar-refractivity contribution >= 4 is 17.2 Å². The number of rotatable bonds is 7. The molecule has 0 radical (unpaired) electrons. The number of carbonyl (C=O) groups is 1. The van der Waals surface area contributed by atoms with Gasteiger partial charge >= 0.3 is 0 Å². The molecule has 30 heavy (non-hydrogen) atoms. The molecule has 0 spiro atoms. The van der Waals surface area contributed by atoms with Gasteiger partial charge in [-0.05, 0) is 43.7 Å². The van der Waals surface area contributed by atoms with Crippen LogP contribution in [0.25, 0.3) is 5.65 Å². The molecular weight excluding hydrogens is 380 g/mol. The molecule has 1 aromatic carbocycles. The molecular formula is C23H22N4O3.